The molecule has 1 fully saturated rings. The Hall–Kier alpha value is -1.22. The van der Waals surface area contributed by atoms with Crippen molar-refractivity contribution in [2.45, 2.75) is 18.9 Å². The van der Waals surface area contributed by atoms with Crippen LogP contribution in [-0.2, 0) is 0 Å². The summed E-state index contributed by atoms with van der Waals surface area (Å²) in [4.78, 5) is 2.23. The summed E-state index contributed by atoms with van der Waals surface area (Å²) in [7, 11) is 0. The van der Waals surface area contributed by atoms with Crippen LogP contribution in [0, 0.1) is 0 Å². The minimum atomic E-state index is 0.231. The predicted octanol–water partition coefficient (Wildman–Crippen LogP) is 1.23. The van der Waals surface area contributed by atoms with Gasteiger partial charge in [-0.15, -0.1) is 0 Å². The highest BCUT2D eigenvalue weighted by atomic mass is 16.3. The van der Waals surface area contributed by atoms with E-state index in [0.29, 0.717) is 0 Å². The minimum absolute atomic E-state index is 0.231. The van der Waals surface area contributed by atoms with Crippen LogP contribution in [0.3, 0.4) is 0 Å². The Morgan fingerprint density at radius 3 is 3.07 bits per heavy atom. The second-order valence-electron chi connectivity index (χ2n) is 3.77. The van der Waals surface area contributed by atoms with Crippen LogP contribution in [0.2, 0.25) is 0 Å². The third-order valence-corrected chi connectivity index (χ3v) is 2.79. The average molecular weight is 192 g/mol. The number of nitrogen functional groups attached to an aromatic ring is 1. The van der Waals surface area contributed by atoms with Gasteiger partial charge in [0.25, 0.3) is 0 Å². The van der Waals surface area contributed by atoms with Gasteiger partial charge in [0.15, 0.2) is 0 Å². The van der Waals surface area contributed by atoms with Gasteiger partial charge in [-0.2, -0.15) is 0 Å². The van der Waals surface area contributed by atoms with E-state index in [0.717, 1.165) is 30.8 Å². The van der Waals surface area contributed by atoms with Gasteiger partial charge in [-0.1, -0.05) is 6.07 Å². The number of nitrogens with zero attached hydrogens (tertiary/aromatic N) is 1. The summed E-state index contributed by atoms with van der Waals surface area (Å²) in [6, 6.07) is 8.13. The van der Waals surface area contributed by atoms with Crippen molar-refractivity contribution < 1.29 is 5.11 Å². The van der Waals surface area contributed by atoms with Gasteiger partial charge in [0.1, 0.15) is 0 Å². The molecule has 1 aliphatic heterocycles. The molecule has 0 aliphatic carbocycles. The monoisotopic (exact) mass is 192 g/mol. The van der Waals surface area contributed by atoms with E-state index < -0.39 is 0 Å². The van der Waals surface area contributed by atoms with Gasteiger partial charge in [-0.05, 0) is 31.0 Å². The molecule has 3 heteroatoms. The van der Waals surface area contributed by atoms with Gasteiger partial charge in [0.05, 0.1) is 12.6 Å². The summed E-state index contributed by atoms with van der Waals surface area (Å²) >= 11 is 0. The summed E-state index contributed by atoms with van der Waals surface area (Å²) in [6.45, 7) is 1.25. The molecule has 1 saturated heterocycles. The number of hydrogen-bond donors (Lipinski definition) is 2. The molecule has 1 unspecified atom stereocenters. The normalized spacial score (nSPS) is 21.5. The van der Waals surface area contributed by atoms with E-state index in [9.17, 15) is 5.11 Å². The molecule has 1 heterocycles. The Labute approximate surface area is 84.1 Å². The molecule has 1 aromatic rings. The summed E-state index contributed by atoms with van der Waals surface area (Å²) < 4.78 is 0. The molecule has 0 bridgehead atoms. The molecule has 0 radical (unpaired) electrons. The molecule has 76 valence electrons. The molecule has 14 heavy (non-hydrogen) atoms. The lowest BCUT2D eigenvalue weighted by molar-refractivity contribution is 0.266. The quantitative estimate of drug-likeness (QED) is 0.693. The van der Waals surface area contributed by atoms with Crippen LogP contribution in [0.15, 0.2) is 24.3 Å². The van der Waals surface area contributed by atoms with Crippen molar-refractivity contribution in [2.24, 2.45) is 0 Å². The van der Waals surface area contributed by atoms with Crippen molar-refractivity contribution in [1.29, 1.82) is 0 Å². The Bertz CT molecular complexity index is 314. The molecule has 0 amide bonds. The van der Waals surface area contributed by atoms with Crippen molar-refractivity contribution in [3.8, 4) is 0 Å². The lowest BCUT2D eigenvalue weighted by Gasteiger charge is -2.25. The number of hydrogen-bond acceptors (Lipinski definition) is 3. The first kappa shape index (κ1) is 9.34. The lowest BCUT2D eigenvalue weighted by Crippen LogP contribution is -2.31. The highest BCUT2D eigenvalue weighted by molar-refractivity contribution is 5.57. The van der Waals surface area contributed by atoms with Crippen LogP contribution in [-0.4, -0.2) is 24.3 Å². The third kappa shape index (κ3) is 1.68. The van der Waals surface area contributed by atoms with E-state index in [2.05, 4.69) is 4.90 Å². The number of benzene rings is 1. The molecule has 3 nitrogen and oxygen atoms in total. The van der Waals surface area contributed by atoms with E-state index in [4.69, 9.17) is 5.73 Å². The number of nitrogens with two attached hydrogens (primary N) is 1. The Balaban J connectivity index is 2.21. The van der Waals surface area contributed by atoms with Gasteiger partial charge in [0, 0.05) is 17.9 Å². The summed E-state index contributed by atoms with van der Waals surface area (Å²) in [5.41, 5.74) is 7.63. The summed E-state index contributed by atoms with van der Waals surface area (Å²) in [5, 5.41) is 9.19. The van der Waals surface area contributed by atoms with Gasteiger partial charge < -0.3 is 15.7 Å². The molecule has 1 aromatic carbocycles. The molecule has 0 aromatic heterocycles. The van der Waals surface area contributed by atoms with Gasteiger partial charge in [0.2, 0.25) is 0 Å². The van der Waals surface area contributed by atoms with Gasteiger partial charge in [-0.3, -0.25) is 0 Å². The van der Waals surface area contributed by atoms with Crippen molar-refractivity contribution in [1.82, 2.24) is 0 Å². The van der Waals surface area contributed by atoms with Crippen LogP contribution in [0.5, 0.6) is 0 Å². The van der Waals surface area contributed by atoms with Crippen molar-refractivity contribution in [3.05, 3.63) is 24.3 Å². The van der Waals surface area contributed by atoms with Crippen molar-refractivity contribution >= 4 is 11.4 Å². The highest BCUT2D eigenvalue weighted by Gasteiger charge is 2.23. The fourth-order valence-electron chi connectivity index (χ4n) is 2.07. The molecule has 3 N–H and O–H groups in total. The van der Waals surface area contributed by atoms with Crippen LogP contribution < -0.4 is 10.6 Å². The molecule has 2 rings (SSSR count). The zero-order valence-electron chi connectivity index (χ0n) is 8.19. The fourth-order valence-corrected chi connectivity index (χ4v) is 2.07. The number of anilines is 2. The summed E-state index contributed by atoms with van der Waals surface area (Å²) in [6.07, 6.45) is 2.23. The molecule has 1 atom stereocenters. The second-order valence-corrected chi connectivity index (χ2v) is 3.77. The minimum Gasteiger partial charge on any atom is -0.399 e. The lowest BCUT2D eigenvalue weighted by atomic mass is 10.2. The Morgan fingerprint density at radius 1 is 1.50 bits per heavy atom. The molecule has 0 spiro atoms. The smallest absolute Gasteiger partial charge is 0.0635 e. The largest absolute Gasteiger partial charge is 0.399 e. The Kier molecular flexibility index (Phi) is 2.59. The van der Waals surface area contributed by atoms with Crippen LogP contribution in [0.1, 0.15) is 12.8 Å². The van der Waals surface area contributed by atoms with Crippen molar-refractivity contribution in [2.75, 3.05) is 23.8 Å². The van der Waals surface area contributed by atoms with E-state index in [1.807, 2.05) is 24.3 Å². The molecule has 1 aliphatic rings. The van der Waals surface area contributed by atoms with E-state index >= 15 is 0 Å². The zero-order chi connectivity index (χ0) is 9.97. The molecule has 0 saturated carbocycles. The summed E-state index contributed by atoms with van der Waals surface area (Å²) in [5.74, 6) is 0. The highest BCUT2D eigenvalue weighted by Crippen LogP contribution is 2.26. The Morgan fingerprint density at radius 2 is 2.36 bits per heavy atom. The molecular weight excluding hydrogens is 176 g/mol. The van der Waals surface area contributed by atoms with E-state index in [1.165, 1.54) is 0 Å². The predicted molar refractivity (Wildman–Crippen MR) is 58.3 cm³/mol. The van der Waals surface area contributed by atoms with Crippen LogP contribution in [0.4, 0.5) is 11.4 Å². The van der Waals surface area contributed by atoms with Crippen molar-refractivity contribution in [3.63, 3.8) is 0 Å². The van der Waals surface area contributed by atoms with Gasteiger partial charge in [-0.25, -0.2) is 0 Å². The maximum Gasteiger partial charge on any atom is 0.0635 e. The van der Waals surface area contributed by atoms with Gasteiger partial charge >= 0.3 is 0 Å². The third-order valence-electron chi connectivity index (χ3n) is 2.79. The maximum atomic E-state index is 9.19. The zero-order valence-corrected chi connectivity index (χ0v) is 8.19. The fraction of sp³-hybridized carbons (Fsp3) is 0.455. The van der Waals surface area contributed by atoms with Crippen LogP contribution in [0.25, 0.3) is 0 Å². The molecular formula is C11H16N2O. The van der Waals surface area contributed by atoms with E-state index in [1.54, 1.807) is 0 Å². The first-order valence-electron chi connectivity index (χ1n) is 5.04. The number of rotatable bonds is 2. The second kappa shape index (κ2) is 3.88. The standard InChI is InChI=1S/C11H16N2O/c12-9-3-1-4-10(7-9)13-6-2-5-11(13)8-14/h1,3-4,7,11,14H,2,5-6,8,12H2. The number of aliphatic hydroxyl groups excluding tert-OH is 1. The number of aliphatic hydroxyl groups is 1. The average Bonchev–Trinajstić information content (AvgIpc) is 2.65. The first-order valence-corrected chi connectivity index (χ1v) is 5.04. The SMILES string of the molecule is Nc1cccc(N2CCCC2CO)c1. The van der Waals surface area contributed by atoms with Crippen LogP contribution >= 0.6 is 0 Å². The topological polar surface area (TPSA) is 49.5 Å². The maximum absolute atomic E-state index is 9.19. The van der Waals surface area contributed by atoms with E-state index in [-0.39, 0.29) is 12.6 Å². The first-order chi connectivity index (χ1) is 6.81.